The molecule has 2 atom stereocenters. The van der Waals surface area contributed by atoms with Crippen molar-refractivity contribution in [3.8, 4) is 0 Å². The Kier molecular flexibility index (Phi) is 6.06. The Morgan fingerprint density at radius 2 is 2.00 bits per heavy atom. The number of nitrogens with one attached hydrogen (secondary N) is 1. The number of carbonyl (C=O) groups is 1. The molecule has 1 aromatic carbocycles. The van der Waals surface area contributed by atoms with Crippen LogP contribution in [0.1, 0.15) is 53.0 Å². The molecule has 1 N–H and O–H groups in total. The first-order valence-corrected chi connectivity index (χ1v) is 10.2. The molecule has 1 fully saturated rings. The maximum absolute atomic E-state index is 13.1. The van der Waals surface area contributed by atoms with Crippen LogP contribution in [0.15, 0.2) is 28.7 Å². The van der Waals surface area contributed by atoms with E-state index in [0.29, 0.717) is 0 Å². The fraction of sp³-hybridized carbons (Fsp3) is 0.611. The quantitative estimate of drug-likeness (QED) is 0.561. The van der Waals surface area contributed by atoms with Gasteiger partial charge in [-0.25, -0.2) is 4.79 Å². The molecule has 0 spiro atoms. The first kappa shape index (κ1) is 19.8. The monoisotopic (exact) mass is 415 g/mol. The van der Waals surface area contributed by atoms with Gasteiger partial charge in [0.1, 0.15) is 4.75 Å². The molecule has 0 bridgehead atoms. The second-order valence-electron chi connectivity index (χ2n) is 7.53. The van der Waals surface area contributed by atoms with Gasteiger partial charge in [0.2, 0.25) is 0 Å². The summed E-state index contributed by atoms with van der Waals surface area (Å²) >= 11 is 2.08. The van der Waals surface area contributed by atoms with Crippen molar-refractivity contribution in [2.45, 2.75) is 63.9 Å². The van der Waals surface area contributed by atoms with Crippen molar-refractivity contribution in [2.75, 3.05) is 0 Å². The molecule has 4 nitrogen and oxygen atoms in total. The van der Waals surface area contributed by atoms with Gasteiger partial charge >= 0.3 is 5.97 Å². The van der Waals surface area contributed by atoms with Crippen LogP contribution in [0.3, 0.4) is 0 Å². The summed E-state index contributed by atoms with van der Waals surface area (Å²) in [5.41, 5.74) is -0.283. The fourth-order valence-corrected chi connectivity index (χ4v) is 3.93. The third-order valence-corrected chi connectivity index (χ3v) is 6.06. The molecule has 0 heterocycles. The topological polar surface area (TPSA) is 61.4 Å². The van der Waals surface area contributed by atoms with Crippen LogP contribution in [0.25, 0.3) is 0 Å². The predicted octanol–water partition coefficient (Wildman–Crippen LogP) is 4.06. The molecule has 1 saturated carbocycles. The van der Waals surface area contributed by atoms with Crippen LogP contribution < -0.4 is 4.72 Å². The maximum atomic E-state index is 13.1. The van der Waals surface area contributed by atoms with Gasteiger partial charge in [-0.05, 0) is 71.1 Å². The summed E-state index contributed by atoms with van der Waals surface area (Å²) in [6.07, 6.45) is 1.59. The number of ether oxygens (including phenoxy) is 1. The molecule has 0 saturated heterocycles. The van der Waals surface area contributed by atoms with Gasteiger partial charge in [0.25, 0.3) is 0 Å². The van der Waals surface area contributed by atoms with Crippen molar-refractivity contribution >= 4 is 33.3 Å². The second kappa shape index (κ2) is 7.36. The molecule has 6 heteroatoms. The summed E-state index contributed by atoms with van der Waals surface area (Å²) in [5.74, 6) is -0.264. The lowest BCUT2D eigenvalue weighted by atomic mass is 9.86. The van der Waals surface area contributed by atoms with Gasteiger partial charge in [0.15, 0.2) is 5.54 Å². The molecule has 2 rings (SSSR count). The van der Waals surface area contributed by atoms with Crippen LogP contribution in [0.2, 0.25) is 0 Å². The Bertz CT molecular complexity index is 598. The highest BCUT2D eigenvalue weighted by atomic mass is 79.9. The average Bonchev–Trinajstić information content (AvgIpc) is 3.27. The Balaban J connectivity index is 2.51. The first-order valence-electron chi connectivity index (χ1n) is 8.24. The minimum absolute atomic E-state index is 0.0874. The third-order valence-electron chi connectivity index (χ3n) is 3.94. The van der Waals surface area contributed by atoms with Gasteiger partial charge in [-0.1, -0.05) is 28.1 Å². The largest absolute Gasteiger partial charge is 0.598 e. The molecular weight excluding hydrogens is 390 g/mol. The van der Waals surface area contributed by atoms with E-state index in [2.05, 4.69) is 20.7 Å². The molecule has 0 amide bonds. The molecule has 1 aliphatic carbocycles. The van der Waals surface area contributed by atoms with Gasteiger partial charge in [-0.2, -0.15) is 0 Å². The third kappa shape index (κ3) is 4.34. The van der Waals surface area contributed by atoms with Crippen LogP contribution in [-0.2, 0) is 26.4 Å². The zero-order valence-corrected chi connectivity index (χ0v) is 17.3. The summed E-state index contributed by atoms with van der Waals surface area (Å²) in [4.78, 5) is 13.1. The van der Waals surface area contributed by atoms with E-state index in [1.165, 1.54) is 0 Å². The normalized spacial score (nSPS) is 19.0. The molecular formula is C18H26BrNO3S. The molecule has 1 aromatic rings. The molecule has 134 valence electrons. The van der Waals surface area contributed by atoms with Gasteiger partial charge in [-0.3, -0.25) is 0 Å². The highest BCUT2D eigenvalue weighted by Crippen LogP contribution is 2.48. The minimum Gasteiger partial charge on any atom is -0.598 e. The summed E-state index contributed by atoms with van der Waals surface area (Å²) in [6.45, 7) is 9.34. The predicted molar refractivity (Wildman–Crippen MR) is 101 cm³/mol. The van der Waals surface area contributed by atoms with Gasteiger partial charge in [0.05, 0.1) is 6.10 Å². The van der Waals surface area contributed by atoms with Crippen LogP contribution in [0.4, 0.5) is 0 Å². The number of esters is 1. The fourth-order valence-electron chi connectivity index (χ4n) is 2.56. The van der Waals surface area contributed by atoms with E-state index in [1.807, 2.05) is 58.9 Å². The number of hydrogen-bond donors (Lipinski definition) is 1. The smallest absolute Gasteiger partial charge is 0.336 e. The highest BCUT2D eigenvalue weighted by molar-refractivity contribution is 9.10. The van der Waals surface area contributed by atoms with E-state index in [4.69, 9.17) is 4.74 Å². The molecule has 0 aliphatic heterocycles. The lowest BCUT2D eigenvalue weighted by Gasteiger charge is -2.36. The van der Waals surface area contributed by atoms with Crippen LogP contribution in [-0.4, -0.2) is 21.4 Å². The first-order chi connectivity index (χ1) is 11.1. The standard InChI is InChI=1S/C18H26BrNO3S/c1-12(2)23-16(21)18(13-9-10-13,20-24(22)17(3,4)5)14-7-6-8-15(19)11-14/h6-8,11-13,20H,9-10H2,1-5H3. The summed E-state index contributed by atoms with van der Waals surface area (Å²) < 4.78 is 22.0. The summed E-state index contributed by atoms with van der Waals surface area (Å²) in [6, 6.07) is 7.61. The number of carbonyl (C=O) groups excluding carboxylic acids is 1. The average molecular weight is 416 g/mol. The van der Waals surface area contributed by atoms with Crippen molar-refractivity contribution in [1.29, 1.82) is 0 Å². The number of halogens is 1. The van der Waals surface area contributed by atoms with E-state index in [0.717, 1.165) is 22.9 Å². The van der Waals surface area contributed by atoms with Gasteiger partial charge < -0.3 is 9.29 Å². The van der Waals surface area contributed by atoms with Crippen LogP contribution in [0, 0.1) is 5.92 Å². The van der Waals surface area contributed by atoms with Crippen molar-refractivity contribution < 1.29 is 14.1 Å². The summed E-state index contributed by atoms with van der Waals surface area (Å²) in [5, 5.41) is 0. The lowest BCUT2D eigenvalue weighted by Crippen LogP contribution is -2.58. The molecule has 1 aliphatic rings. The van der Waals surface area contributed by atoms with E-state index in [1.54, 1.807) is 0 Å². The molecule has 0 aromatic heterocycles. The Morgan fingerprint density at radius 3 is 2.46 bits per heavy atom. The summed E-state index contributed by atoms with van der Waals surface area (Å²) in [7, 11) is 0. The molecule has 0 radical (unpaired) electrons. The number of hydrogen-bond acceptors (Lipinski definition) is 4. The van der Waals surface area contributed by atoms with Gasteiger partial charge in [0, 0.05) is 15.8 Å². The highest BCUT2D eigenvalue weighted by Gasteiger charge is 2.57. The van der Waals surface area contributed by atoms with Crippen LogP contribution in [0.5, 0.6) is 0 Å². The molecule has 2 unspecified atom stereocenters. The van der Waals surface area contributed by atoms with Crippen molar-refractivity contribution in [3.05, 3.63) is 34.3 Å². The van der Waals surface area contributed by atoms with Crippen molar-refractivity contribution in [1.82, 2.24) is 4.72 Å². The lowest BCUT2D eigenvalue weighted by molar-refractivity contribution is -0.156. The number of rotatable bonds is 6. The van der Waals surface area contributed by atoms with E-state index < -0.39 is 21.6 Å². The maximum Gasteiger partial charge on any atom is 0.336 e. The van der Waals surface area contributed by atoms with E-state index >= 15 is 0 Å². The van der Waals surface area contributed by atoms with Crippen molar-refractivity contribution in [2.24, 2.45) is 5.92 Å². The number of benzene rings is 1. The van der Waals surface area contributed by atoms with Crippen LogP contribution >= 0.6 is 15.9 Å². The van der Waals surface area contributed by atoms with E-state index in [-0.39, 0.29) is 18.0 Å². The van der Waals surface area contributed by atoms with Crippen molar-refractivity contribution in [3.63, 3.8) is 0 Å². The SMILES string of the molecule is CC(C)OC(=O)C(N[S+]([O-])C(C)(C)C)(c1cccc(Br)c1)C1CC1. The Labute approximate surface area is 156 Å². The van der Waals surface area contributed by atoms with Gasteiger partial charge in [-0.15, -0.1) is 4.72 Å². The second-order valence-corrected chi connectivity index (χ2v) is 10.4. The minimum atomic E-state index is -1.40. The Morgan fingerprint density at radius 1 is 1.38 bits per heavy atom. The zero-order chi connectivity index (χ0) is 18.1. The van der Waals surface area contributed by atoms with E-state index in [9.17, 15) is 9.35 Å². The zero-order valence-electron chi connectivity index (χ0n) is 14.9. The molecule has 24 heavy (non-hydrogen) atoms. The Hall–Kier alpha value is -0.560.